The number of hydrogen-bond donors (Lipinski definition) is 0. The van der Waals surface area contributed by atoms with E-state index in [0.29, 0.717) is 6.10 Å². The predicted molar refractivity (Wildman–Crippen MR) is 45.1 cm³/mol. The van der Waals surface area contributed by atoms with Crippen molar-refractivity contribution in [1.29, 1.82) is 0 Å². The molecule has 0 aliphatic carbocycles. The molecule has 0 aromatic carbocycles. The van der Waals surface area contributed by atoms with Crippen LogP contribution in [0.5, 0.6) is 0 Å². The minimum atomic E-state index is 0.250. The molecule has 0 bridgehead atoms. The summed E-state index contributed by atoms with van der Waals surface area (Å²) in [5, 5.41) is 0. The molecule has 0 radical (unpaired) electrons. The Balaban J connectivity index is 3.72. The molecule has 0 spiro atoms. The summed E-state index contributed by atoms with van der Waals surface area (Å²) < 4.78 is 5.56. The molecular weight excluding hydrogens is 124 g/mol. The van der Waals surface area contributed by atoms with E-state index in [-0.39, 0.29) is 6.10 Å². The van der Waals surface area contributed by atoms with E-state index in [4.69, 9.17) is 4.74 Å². The molecule has 0 fully saturated rings. The van der Waals surface area contributed by atoms with Gasteiger partial charge in [-0.15, -0.1) is 0 Å². The number of hydrogen-bond acceptors (Lipinski definition) is 1. The second-order valence-corrected chi connectivity index (χ2v) is 2.93. The number of rotatable bonds is 4. The van der Waals surface area contributed by atoms with E-state index in [1.165, 1.54) is 0 Å². The van der Waals surface area contributed by atoms with Crippen molar-refractivity contribution in [2.45, 2.75) is 46.3 Å². The van der Waals surface area contributed by atoms with E-state index in [1.54, 1.807) is 0 Å². The largest absolute Gasteiger partial charge is 0.371 e. The summed E-state index contributed by atoms with van der Waals surface area (Å²) in [6, 6.07) is 0. The van der Waals surface area contributed by atoms with Crippen molar-refractivity contribution in [3.63, 3.8) is 0 Å². The molecule has 0 saturated carbocycles. The van der Waals surface area contributed by atoms with Crippen molar-refractivity contribution >= 4 is 0 Å². The van der Waals surface area contributed by atoms with Crippen LogP contribution in [0, 0.1) is 0 Å². The highest BCUT2D eigenvalue weighted by Crippen LogP contribution is 2.09. The smallest absolute Gasteiger partial charge is 0.0780 e. The third-order valence-electron chi connectivity index (χ3n) is 1.36. The molecule has 10 heavy (non-hydrogen) atoms. The number of ether oxygens (including phenoxy) is 1. The molecular formula is C9H18O. The SMILES string of the molecule is C=C(C)C(CC)OC(C)C. The van der Waals surface area contributed by atoms with Gasteiger partial charge < -0.3 is 4.74 Å². The fraction of sp³-hybridized carbons (Fsp3) is 0.778. The fourth-order valence-electron chi connectivity index (χ4n) is 0.889. The summed E-state index contributed by atoms with van der Waals surface area (Å²) >= 11 is 0. The highest BCUT2D eigenvalue weighted by atomic mass is 16.5. The Hall–Kier alpha value is -0.300. The summed E-state index contributed by atoms with van der Waals surface area (Å²) in [6.45, 7) is 12.1. The maximum absolute atomic E-state index is 5.56. The molecule has 0 aliphatic heterocycles. The second kappa shape index (κ2) is 4.51. The standard InChI is InChI=1S/C9H18O/c1-6-9(7(2)3)10-8(4)5/h8-9H,2,6H2,1,3-5H3. The quantitative estimate of drug-likeness (QED) is 0.548. The van der Waals surface area contributed by atoms with Crippen molar-refractivity contribution in [2.75, 3.05) is 0 Å². The molecule has 0 amide bonds. The van der Waals surface area contributed by atoms with E-state index in [1.807, 2.05) is 20.8 Å². The lowest BCUT2D eigenvalue weighted by atomic mass is 10.1. The molecule has 0 rings (SSSR count). The van der Waals surface area contributed by atoms with Crippen molar-refractivity contribution in [3.8, 4) is 0 Å². The summed E-state index contributed by atoms with van der Waals surface area (Å²) in [5.41, 5.74) is 1.12. The monoisotopic (exact) mass is 142 g/mol. The zero-order valence-electron chi connectivity index (χ0n) is 7.48. The van der Waals surface area contributed by atoms with Crippen LogP contribution in [0.4, 0.5) is 0 Å². The predicted octanol–water partition coefficient (Wildman–Crippen LogP) is 2.77. The summed E-state index contributed by atoms with van der Waals surface area (Å²) in [5.74, 6) is 0. The van der Waals surface area contributed by atoms with Gasteiger partial charge in [-0.2, -0.15) is 0 Å². The van der Waals surface area contributed by atoms with Gasteiger partial charge in [0.15, 0.2) is 0 Å². The van der Waals surface area contributed by atoms with Crippen LogP contribution in [0.25, 0.3) is 0 Å². The van der Waals surface area contributed by atoms with E-state index < -0.39 is 0 Å². The van der Waals surface area contributed by atoms with Gasteiger partial charge in [0.2, 0.25) is 0 Å². The Kier molecular flexibility index (Phi) is 4.37. The molecule has 0 aliphatic rings. The highest BCUT2D eigenvalue weighted by molar-refractivity contribution is 4.97. The van der Waals surface area contributed by atoms with Crippen LogP contribution in [-0.4, -0.2) is 12.2 Å². The lowest BCUT2D eigenvalue weighted by molar-refractivity contribution is 0.0274. The van der Waals surface area contributed by atoms with E-state index >= 15 is 0 Å². The Bertz CT molecular complexity index is 105. The Labute approximate surface area is 64.1 Å². The van der Waals surface area contributed by atoms with Crippen LogP contribution < -0.4 is 0 Å². The van der Waals surface area contributed by atoms with Crippen LogP contribution >= 0.6 is 0 Å². The Morgan fingerprint density at radius 3 is 2.10 bits per heavy atom. The molecule has 0 N–H and O–H groups in total. The molecule has 1 atom stereocenters. The normalized spacial score (nSPS) is 13.7. The minimum Gasteiger partial charge on any atom is -0.371 e. The molecule has 0 aromatic heterocycles. The van der Waals surface area contributed by atoms with Gasteiger partial charge in [-0.25, -0.2) is 0 Å². The van der Waals surface area contributed by atoms with Gasteiger partial charge in [-0.05, 0) is 27.2 Å². The van der Waals surface area contributed by atoms with Crippen molar-refractivity contribution in [3.05, 3.63) is 12.2 Å². The third kappa shape index (κ3) is 3.67. The zero-order valence-corrected chi connectivity index (χ0v) is 7.48. The fourth-order valence-corrected chi connectivity index (χ4v) is 0.889. The van der Waals surface area contributed by atoms with Crippen LogP contribution in [0.1, 0.15) is 34.1 Å². The third-order valence-corrected chi connectivity index (χ3v) is 1.36. The van der Waals surface area contributed by atoms with Gasteiger partial charge in [0.1, 0.15) is 0 Å². The first kappa shape index (κ1) is 9.70. The van der Waals surface area contributed by atoms with Crippen LogP contribution in [-0.2, 0) is 4.74 Å². The first-order valence-electron chi connectivity index (χ1n) is 3.88. The average Bonchev–Trinajstić information content (AvgIpc) is 1.81. The van der Waals surface area contributed by atoms with Crippen LogP contribution in [0.15, 0.2) is 12.2 Å². The molecule has 1 nitrogen and oxygen atoms in total. The Morgan fingerprint density at radius 2 is 2.00 bits per heavy atom. The Morgan fingerprint density at radius 1 is 1.50 bits per heavy atom. The van der Waals surface area contributed by atoms with Gasteiger partial charge in [0.05, 0.1) is 12.2 Å². The van der Waals surface area contributed by atoms with Crippen molar-refractivity contribution in [2.24, 2.45) is 0 Å². The van der Waals surface area contributed by atoms with Crippen LogP contribution in [0.2, 0.25) is 0 Å². The summed E-state index contributed by atoms with van der Waals surface area (Å²) in [7, 11) is 0. The lowest BCUT2D eigenvalue weighted by Gasteiger charge is -2.18. The second-order valence-electron chi connectivity index (χ2n) is 2.93. The summed E-state index contributed by atoms with van der Waals surface area (Å²) in [6.07, 6.45) is 1.58. The summed E-state index contributed by atoms with van der Waals surface area (Å²) in [4.78, 5) is 0. The average molecular weight is 142 g/mol. The van der Waals surface area contributed by atoms with Gasteiger partial charge in [-0.3, -0.25) is 0 Å². The maximum atomic E-state index is 5.56. The first-order valence-corrected chi connectivity index (χ1v) is 3.88. The van der Waals surface area contributed by atoms with E-state index in [9.17, 15) is 0 Å². The molecule has 60 valence electrons. The molecule has 1 unspecified atom stereocenters. The van der Waals surface area contributed by atoms with Crippen LogP contribution in [0.3, 0.4) is 0 Å². The van der Waals surface area contributed by atoms with Gasteiger partial charge in [-0.1, -0.05) is 19.1 Å². The molecule has 0 saturated heterocycles. The minimum absolute atomic E-state index is 0.250. The maximum Gasteiger partial charge on any atom is 0.0780 e. The highest BCUT2D eigenvalue weighted by Gasteiger charge is 2.07. The van der Waals surface area contributed by atoms with Crippen molar-refractivity contribution in [1.82, 2.24) is 0 Å². The van der Waals surface area contributed by atoms with Gasteiger partial charge >= 0.3 is 0 Å². The van der Waals surface area contributed by atoms with E-state index in [2.05, 4.69) is 13.5 Å². The molecule has 1 heteroatoms. The zero-order chi connectivity index (χ0) is 8.15. The molecule has 0 aromatic rings. The topological polar surface area (TPSA) is 9.23 Å². The molecule has 0 heterocycles. The lowest BCUT2D eigenvalue weighted by Crippen LogP contribution is -2.17. The van der Waals surface area contributed by atoms with E-state index in [0.717, 1.165) is 12.0 Å². The first-order chi connectivity index (χ1) is 4.57. The van der Waals surface area contributed by atoms with Gasteiger partial charge in [0, 0.05) is 0 Å². The van der Waals surface area contributed by atoms with Gasteiger partial charge in [0.25, 0.3) is 0 Å². The van der Waals surface area contributed by atoms with Crippen molar-refractivity contribution < 1.29 is 4.74 Å².